The molecule has 0 saturated carbocycles. The molecule has 1 heterocycles. The van der Waals surface area contributed by atoms with Gasteiger partial charge in [0.1, 0.15) is 0 Å². The van der Waals surface area contributed by atoms with Gasteiger partial charge in [0, 0.05) is 19.5 Å². The molecule has 1 aliphatic heterocycles. The van der Waals surface area contributed by atoms with Crippen molar-refractivity contribution in [2.45, 2.75) is 44.2 Å². The topological polar surface area (TPSA) is 110 Å². The Labute approximate surface area is 112 Å². The maximum atomic E-state index is 11.9. The summed E-state index contributed by atoms with van der Waals surface area (Å²) in [5, 5.41) is 29.5. The third-order valence-corrected chi connectivity index (χ3v) is 3.33. The van der Waals surface area contributed by atoms with Crippen LogP contribution < -0.4 is 5.32 Å². The predicted molar refractivity (Wildman–Crippen MR) is 67.7 cm³/mol. The molecule has 1 rings (SSSR count). The molecule has 0 aromatic heterocycles. The number of nitrogens with one attached hydrogen (secondary N) is 1. The highest BCUT2D eigenvalue weighted by molar-refractivity contribution is 5.75. The van der Waals surface area contributed by atoms with Gasteiger partial charge < -0.3 is 25.5 Å². The highest BCUT2D eigenvalue weighted by atomic mass is 16.4. The van der Waals surface area contributed by atoms with Crippen LogP contribution in [0.3, 0.4) is 0 Å². The highest BCUT2D eigenvalue weighted by Gasteiger charge is 2.24. The summed E-state index contributed by atoms with van der Waals surface area (Å²) in [6, 6.07) is -0.481. The number of carboxylic acids is 1. The van der Waals surface area contributed by atoms with Crippen LogP contribution in [0, 0.1) is 0 Å². The quantitative estimate of drug-likeness (QED) is 0.553. The first kappa shape index (κ1) is 15.7. The Morgan fingerprint density at radius 3 is 2.68 bits per heavy atom. The van der Waals surface area contributed by atoms with Crippen LogP contribution in [0.5, 0.6) is 0 Å². The molecular weight excluding hydrogens is 252 g/mol. The van der Waals surface area contributed by atoms with Crippen LogP contribution in [0.2, 0.25) is 0 Å². The zero-order valence-electron chi connectivity index (χ0n) is 10.9. The zero-order valence-corrected chi connectivity index (χ0v) is 10.9. The van der Waals surface area contributed by atoms with Gasteiger partial charge in [0.2, 0.25) is 0 Å². The van der Waals surface area contributed by atoms with Gasteiger partial charge >= 0.3 is 12.0 Å². The Bertz CT molecular complexity index is 310. The Balaban J connectivity index is 2.39. The van der Waals surface area contributed by atoms with E-state index in [1.807, 2.05) is 0 Å². The lowest BCUT2D eigenvalue weighted by atomic mass is 10.1. The predicted octanol–water partition coefficient (Wildman–Crippen LogP) is -0.231. The maximum absolute atomic E-state index is 11.9. The number of carbonyl (C=O) groups excluding carboxylic acids is 1. The molecule has 0 radical (unpaired) electrons. The van der Waals surface area contributed by atoms with Crippen molar-refractivity contribution in [3.8, 4) is 0 Å². The number of amides is 2. The molecule has 0 aromatic carbocycles. The molecular formula is C12H22N2O5. The van der Waals surface area contributed by atoms with E-state index in [1.165, 1.54) is 0 Å². The number of rotatable bonds is 5. The van der Waals surface area contributed by atoms with E-state index < -0.39 is 12.1 Å². The van der Waals surface area contributed by atoms with Gasteiger partial charge in [-0.05, 0) is 12.8 Å². The minimum absolute atomic E-state index is 0.0291. The van der Waals surface area contributed by atoms with Crippen LogP contribution >= 0.6 is 0 Å². The minimum atomic E-state index is -1.46. The molecule has 2 atom stereocenters. The molecule has 0 spiro atoms. The van der Waals surface area contributed by atoms with E-state index in [9.17, 15) is 14.7 Å². The van der Waals surface area contributed by atoms with Gasteiger partial charge in [-0.2, -0.15) is 0 Å². The first-order chi connectivity index (χ1) is 9.06. The van der Waals surface area contributed by atoms with Crippen LogP contribution in [0.15, 0.2) is 0 Å². The van der Waals surface area contributed by atoms with Gasteiger partial charge in [-0.15, -0.1) is 0 Å². The Morgan fingerprint density at radius 1 is 1.32 bits per heavy atom. The van der Waals surface area contributed by atoms with Crippen LogP contribution in [0.25, 0.3) is 0 Å². The van der Waals surface area contributed by atoms with Crippen molar-refractivity contribution in [2.75, 3.05) is 19.7 Å². The second-order valence-corrected chi connectivity index (χ2v) is 4.75. The van der Waals surface area contributed by atoms with E-state index >= 15 is 0 Å². The third kappa shape index (κ3) is 5.04. The summed E-state index contributed by atoms with van der Waals surface area (Å²) in [5.74, 6) is -1.29. The molecule has 1 saturated heterocycles. The number of carbonyl (C=O) groups is 2. The summed E-state index contributed by atoms with van der Waals surface area (Å²) in [4.78, 5) is 24.0. The Kier molecular flexibility index (Phi) is 6.58. The van der Waals surface area contributed by atoms with Crippen molar-refractivity contribution in [1.82, 2.24) is 10.2 Å². The Hall–Kier alpha value is -1.34. The molecule has 2 amide bonds. The molecule has 7 nitrogen and oxygen atoms in total. The molecule has 4 N–H and O–H groups in total. The van der Waals surface area contributed by atoms with Gasteiger partial charge in [-0.1, -0.05) is 12.8 Å². The number of aliphatic hydroxyl groups is 2. The molecule has 7 heteroatoms. The van der Waals surface area contributed by atoms with Crippen LogP contribution in [-0.2, 0) is 4.79 Å². The first-order valence-electron chi connectivity index (χ1n) is 6.62. The molecule has 0 bridgehead atoms. The van der Waals surface area contributed by atoms with E-state index in [0.717, 1.165) is 25.7 Å². The fourth-order valence-electron chi connectivity index (χ4n) is 2.18. The SMILES string of the molecule is O=C(O)C(O)CCNC(=O)N1CCCCCC1CO. The molecule has 19 heavy (non-hydrogen) atoms. The van der Waals surface area contributed by atoms with Crippen molar-refractivity contribution >= 4 is 12.0 Å². The number of urea groups is 1. The maximum Gasteiger partial charge on any atom is 0.332 e. The number of likely N-dealkylation sites (tertiary alicyclic amines) is 1. The van der Waals surface area contributed by atoms with Gasteiger partial charge in [0.05, 0.1) is 12.6 Å². The second-order valence-electron chi connectivity index (χ2n) is 4.75. The zero-order chi connectivity index (χ0) is 14.3. The van der Waals surface area contributed by atoms with E-state index in [1.54, 1.807) is 4.90 Å². The average molecular weight is 274 g/mol. The highest BCUT2D eigenvalue weighted by Crippen LogP contribution is 2.16. The van der Waals surface area contributed by atoms with Gasteiger partial charge in [0.15, 0.2) is 6.10 Å². The molecule has 110 valence electrons. The summed E-state index contributed by atoms with van der Waals surface area (Å²) in [6.07, 6.45) is 2.23. The van der Waals surface area contributed by atoms with Crippen LogP contribution in [0.1, 0.15) is 32.1 Å². The van der Waals surface area contributed by atoms with Crippen LogP contribution in [-0.4, -0.2) is 64.1 Å². The van der Waals surface area contributed by atoms with Crippen LogP contribution in [0.4, 0.5) is 4.79 Å². The summed E-state index contributed by atoms with van der Waals surface area (Å²) >= 11 is 0. The molecule has 0 aliphatic carbocycles. The smallest absolute Gasteiger partial charge is 0.332 e. The summed E-state index contributed by atoms with van der Waals surface area (Å²) in [7, 11) is 0. The number of hydrogen-bond acceptors (Lipinski definition) is 4. The standard InChI is InChI=1S/C12H22N2O5/c15-8-9-4-2-1-3-7-14(9)12(19)13-6-5-10(16)11(17)18/h9-10,15-16H,1-8H2,(H,13,19)(H,17,18). The largest absolute Gasteiger partial charge is 0.479 e. The minimum Gasteiger partial charge on any atom is -0.479 e. The van der Waals surface area contributed by atoms with Gasteiger partial charge in [-0.25, -0.2) is 9.59 Å². The normalized spacial score (nSPS) is 21.6. The van der Waals surface area contributed by atoms with E-state index in [-0.39, 0.29) is 31.6 Å². The van der Waals surface area contributed by atoms with Crippen molar-refractivity contribution in [1.29, 1.82) is 0 Å². The Morgan fingerprint density at radius 2 is 2.05 bits per heavy atom. The molecule has 2 unspecified atom stereocenters. The lowest BCUT2D eigenvalue weighted by molar-refractivity contribution is -0.146. The molecule has 1 fully saturated rings. The molecule has 1 aliphatic rings. The lowest BCUT2D eigenvalue weighted by Crippen LogP contribution is -2.48. The average Bonchev–Trinajstić information content (AvgIpc) is 2.63. The lowest BCUT2D eigenvalue weighted by Gasteiger charge is -2.28. The van der Waals surface area contributed by atoms with E-state index in [0.29, 0.717) is 6.54 Å². The van der Waals surface area contributed by atoms with Gasteiger partial charge in [-0.3, -0.25) is 0 Å². The summed E-state index contributed by atoms with van der Waals surface area (Å²) < 4.78 is 0. The summed E-state index contributed by atoms with van der Waals surface area (Å²) in [5.41, 5.74) is 0. The van der Waals surface area contributed by atoms with Crippen molar-refractivity contribution in [3.63, 3.8) is 0 Å². The van der Waals surface area contributed by atoms with Crippen molar-refractivity contribution < 1.29 is 24.9 Å². The van der Waals surface area contributed by atoms with E-state index in [2.05, 4.69) is 5.32 Å². The number of hydrogen-bond donors (Lipinski definition) is 4. The second kappa shape index (κ2) is 7.96. The number of nitrogens with zero attached hydrogens (tertiary/aromatic N) is 1. The monoisotopic (exact) mass is 274 g/mol. The fraction of sp³-hybridized carbons (Fsp3) is 0.833. The van der Waals surface area contributed by atoms with Crippen molar-refractivity contribution in [2.24, 2.45) is 0 Å². The summed E-state index contributed by atoms with van der Waals surface area (Å²) in [6.45, 7) is 0.630. The third-order valence-electron chi connectivity index (χ3n) is 3.33. The first-order valence-corrected chi connectivity index (χ1v) is 6.62. The van der Waals surface area contributed by atoms with E-state index in [4.69, 9.17) is 10.2 Å². The number of carboxylic acid groups (broad SMARTS) is 1. The fourth-order valence-corrected chi connectivity index (χ4v) is 2.18. The van der Waals surface area contributed by atoms with Gasteiger partial charge in [0.25, 0.3) is 0 Å². The van der Waals surface area contributed by atoms with Crippen molar-refractivity contribution in [3.05, 3.63) is 0 Å². The number of aliphatic hydroxyl groups excluding tert-OH is 2. The number of aliphatic carboxylic acids is 1. The molecule has 0 aromatic rings.